The average Bonchev–Trinajstić information content (AvgIpc) is 3.25. The van der Waals surface area contributed by atoms with Crippen molar-refractivity contribution >= 4 is 24.2 Å². The molecule has 3 aromatic rings. The first-order chi connectivity index (χ1) is 18.5. The number of ether oxygens (including phenoxy) is 2. The van der Waals surface area contributed by atoms with Crippen LogP contribution in [0.15, 0.2) is 60.7 Å². The molecule has 0 aromatic heterocycles. The highest BCUT2D eigenvalue weighted by Gasteiger charge is 2.31. The number of methoxy groups -OCH3 is 1. The Morgan fingerprint density at radius 1 is 1.13 bits per heavy atom. The molecule has 0 saturated heterocycles. The second-order valence-corrected chi connectivity index (χ2v) is 9.69. The first kappa shape index (κ1) is 28.4. The van der Waals surface area contributed by atoms with Crippen molar-refractivity contribution in [1.29, 1.82) is 0 Å². The van der Waals surface area contributed by atoms with E-state index < -0.39 is 6.10 Å². The number of benzene rings is 3. The molecular weight excluding hydrogens is 518 g/mol. The van der Waals surface area contributed by atoms with Crippen LogP contribution < -0.4 is 20.1 Å². The smallest absolute Gasteiger partial charge is 0.255 e. The maximum atomic E-state index is 13.2. The minimum atomic E-state index is -0.751. The van der Waals surface area contributed by atoms with Crippen molar-refractivity contribution < 1.29 is 24.2 Å². The van der Waals surface area contributed by atoms with Gasteiger partial charge in [0.25, 0.3) is 11.8 Å². The van der Waals surface area contributed by atoms with Crippen LogP contribution in [0.4, 0.5) is 0 Å². The van der Waals surface area contributed by atoms with Crippen molar-refractivity contribution in [3.05, 3.63) is 94.0 Å². The molecule has 2 amide bonds. The SMILES string of the molecule is CCOc1cc2c(cc1C(=O)NCC(O)[C@@H]1Cc3ccccc3CN1)CN(Cc1ccc(OC)cc1)C2=O.Cl. The Kier molecular flexibility index (Phi) is 9.12. The summed E-state index contributed by atoms with van der Waals surface area (Å²) < 4.78 is 11.0. The third-order valence-electron chi connectivity index (χ3n) is 7.21. The van der Waals surface area contributed by atoms with Gasteiger partial charge in [0.1, 0.15) is 11.5 Å². The highest BCUT2D eigenvalue weighted by molar-refractivity contribution is 6.03. The van der Waals surface area contributed by atoms with Gasteiger partial charge in [-0.25, -0.2) is 0 Å². The zero-order chi connectivity index (χ0) is 26.6. The molecule has 0 aliphatic carbocycles. The molecule has 39 heavy (non-hydrogen) atoms. The molecule has 2 aliphatic heterocycles. The van der Waals surface area contributed by atoms with Crippen molar-refractivity contribution in [2.75, 3.05) is 20.3 Å². The number of hydrogen-bond donors (Lipinski definition) is 3. The van der Waals surface area contributed by atoms with Gasteiger partial charge in [0.15, 0.2) is 0 Å². The van der Waals surface area contributed by atoms with Crippen molar-refractivity contribution in [2.24, 2.45) is 0 Å². The third kappa shape index (κ3) is 6.19. The second-order valence-electron chi connectivity index (χ2n) is 9.69. The summed E-state index contributed by atoms with van der Waals surface area (Å²) in [4.78, 5) is 28.1. The van der Waals surface area contributed by atoms with Gasteiger partial charge in [0.2, 0.25) is 0 Å². The number of hydrogen-bond acceptors (Lipinski definition) is 6. The van der Waals surface area contributed by atoms with Crippen LogP contribution in [0.1, 0.15) is 49.9 Å². The molecule has 2 atom stereocenters. The Bertz CT molecular complexity index is 1330. The van der Waals surface area contributed by atoms with E-state index in [2.05, 4.69) is 22.8 Å². The largest absolute Gasteiger partial charge is 0.497 e. The van der Waals surface area contributed by atoms with Crippen LogP contribution in [0.3, 0.4) is 0 Å². The minimum Gasteiger partial charge on any atom is -0.497 e. The second kappa shape index (κ2) is 12.5. The fraction of sp³-hybridized carbons (Fsp3) is 0.333. The number of amides is 2. The van der Waals surface area contributed by atoms with Gasteiger partial charge in [0, 0.05) is 37.8 Å². The summed E-state index contributed by atoms with van der Waals surface area (Å²) in [6.45, 7) is 3.84. The number of aliphatic hydroxyl groups is 1. The zero-order valence-corrected chi connectivity index (χ0v) is 22.9. The molecule has 0 bridgehead atoms. The first-order valence-electron chi connectivity index (χ1n) is 12.9. The standard InChI is InChI=1S/C30H33N3O5.ClH/c1-3-38-28-14-24-22(18-33(30(24)36)17-19-8-10-23(37-2)11-9-19)12-25(28)29(35)32-16-27(34)26-13-20-6-4-5-7-21(20)15-31-26;/h4-12,14,26-27,31,34H,3,13,15-18H2,1-2H3,(H,32,35);1H/t26-,27?;/m0./s1. The molecule has 206 valence electrons. The topological polar surface area (TPSA) is 100 Å². The molecule has 1 unspecified atom stereocenters. The maximum Gasteiger partial charge on any atom is 0.255 e. The van der Waals surface area contributed by atoms with E-state index in [4.69, 9.17) is 9.47 Å². The first-order valence-corrected chi connectivity index (χ1v) is 12.9. The zero-order valence-electron chi connectivity index (χ0n) is 22.1. The molecule has 0 saturated carbocycles. The fourth-order valence-electron chi connectivity index (χ4n) is 5.12. The maximum absolute atomic E-state index is 13.2. The minimum absolute atomic E-state index is 0. The molecular formula is C30H34ClN3O5. The van der Waals surface area contributed by atoms with Gasteiger partial charge in [-0.2, -0.15) is 0 Å². The quantitative estimate of drug-likeness (QED) is 0.376. The lowest BCUT2D eigenvalue weighted by Gasteiger charge is -2.30. The lowest BCUT2D eigenvalue weighted by Crippen LogP contribution is -2.49. The molecule has 3 N–H and O–H groups in total. The van der Waals surface area contributed by atoms with Crippen LogP contribution in [-0.2, 0) is 26.1 Å². The van der Waals surface area contributed by atoms with Gasteiger partial charge >= 0.3 is 0 Å². The van der Waals surface area contributed by atoms with Crippen LogP contribution in [0.25, 0.3) is 0 Å². The number of rotatable bonds is 9. The summed E-state index contributed by atoms with van der Waals surface area (Å²) in [5.41, 5.74) is 5.12. The molecule has 5 rings (SSSR count). The van der Waals surface area contributed by atoms with E-state index in [1.807, 2.05) is 43.3 Å². The van der Waals surface area contributed by atoms with E-state index in [1.165, 1.54) is 11.1 Å². The number of nitrogens with zero attached hydrogens (tertiary/aromatic N) is 1. The average molecular weight is 552 g/mol. The van der Waals surface area contributed by atoms with Gasteiger partial charge in [-0.15, -0.1) is 12.4 Å². The molecule has 0 spiro atoms. The number of fused-ring (bicyclic) bond motifs is 2. The van der Waals surface area contributed by atoms with Crippen molar-refractivity contribution in [2.45, 2.75) is 45.1 Å². The predicted molar refractivity (Wildman–Crippen MR) is 151 cm³/mol. The Morgan fingerprint density at radius 3 is 2.59 bits per heavy atom. The van der Waals surface area contributed by atoms with Crippen molar-refractivity contribution in [3.63, 3.8) is 0 Å². The number of nitrogens with one attached hydrogen (secondary N) is 2. The summed E-state index contributed by atoms with van der Waals surface area (Å²) in [6, 6.07) is 19.0. The Balaban J connectivity index is 0.00000353. The fourth-order valence-corrected chi connectivity index (χ4v) is 5.12. The summed E-state index contributed by atoms with van der Waals surface area (Å²) in [5.74, 6) is 0.689. The summed E-state index contributed by atoms with van der Waals surface area (Å²) in [6.07, 6.45) is -0.0543. The number of carbonyl (C=O) groups excluding carboxylic acids is 2. The van der Waals surface area contributed by atoms with E-state index in [0.29, 0.717) is 49.5 Å². The Hall–Kier alpha value is -3.59. The summed E-state index contributed by atoms with van der Waals surface area (Å²) in [5, 5.41) is 17.0. The molecule has 2 heterocycles. The molecule has 3 aromatic carbocycles. The van der Waals surface area contributed by atoms with Gasteiger partial charge in [-0.3, -0.25) is 9.59 Å². The highest BCUT2D eigenvalue weighted by atomic mass is 35.5. The lowest BCUT2D eigenvalue weighted by molar-refractivity contribution is 0.0766. The number of halogens is 1. The number of carbonyl (C=O) groups is 2. The molecule has 2 aliphatic rings. The molecule has 9 heteroatoms. The van der Waals surface area contributed by atoms with Crippen LogP contribution in [0.5, 0.6) is 11.5 Å². The van der Waals surface area contributed by atoms with Crippen LogP contribution >= 0.6 is 12.4 Å². The van der Waals surface area contributed by atoms with Crippen LogP contribution in [-0.4, -0.2) is 54.2 Å². The van der Waals surface area contributed by atoms with Crippen molar-refractivity contribution in [3.8, 4) is 11.5 Å². The van der Waals surface area contributed by atoms with E-state index >= 15 is 0 Å². The monoisotopic (exact) mass is 551 g/mol. The van der Waals surface area contributed by atoms with E-state index in [0.717, 1.165) is 16.9 Å². The predicted octanol–water partition coefficient (Wildman–Crippen LogP) is 3.48. The molecule has 0 fully saturated rings. The van der Waals surface area contributed by atoms with Gasteiger partial charge in [-0.1, -0.05) is 36.4 Å². The summed E-state index contributed by atoms with van der Waals surface area (Å²) >= 11 is 0. The van der Waals surface area contributed by atoms with Gasteiger partial charge in [-0.05, 0) is 59.9 Å². The van der Waals surface area contributed by atoms with Gasteiger partial charge < -0.3 is 30.1 Å². The van der Waals surface area contributed by atoms with Crippen molar-refractivity contribution in [1.82, 2.24) is 15.5 Å². The molecule has 0 radical (unpaired) electrons. The lowest BCUT2D eigenvalue weighted by atomic mass is 9.93. The Labute approximate surface area is 234 Å². The Morgan fingerprint density at radius 2 is 1.87 bits per heavy atom. The van der Waals surface area contributed by atoms with E-state index in [-0.39, 0.29) is 36.8 Å². The highest BCUT2D eigenvalue weighted by Crippen LogP contribution is 2.31. The summed E-state index contributed by atoms with van der Waals surface area (Å²) in [7, 11) is 1.62. The number of aliphatic hydroxyl groups excluding tert-OH is 1. The third-order valence-corrected chi connectivity index (χ3v) is 7.21. The van der Waals surface area contributed by atoms with Crippen LogP contribution in [0.2, 0.25) is 0 Å². The van der Waals surface area contributed by atoms with E-state index in [1.54, 1.807) is 24.1 Å². The molecule has 8 nitrogen and oxygen atoms in total. The van der Waals surface area contributed by atoms with Crippen LogP contribution in [0, 0.1) is 0 Å². The van der Waals surface area contributed by atoms with Gasteiger partial charge in [0.05, 0.1) is 25.4 Å². The van der Waals surface area contributed by atoms with E-state index in [9.17, 15) is 14.7 Å². The normalized spacial score (nSPS) is 16.5.